The van der Waals surface area contributed by atoms with Crippen LogP contribution >= 0.6 is 11.3 Å². The molecule has 6 nitrogen and oxygen atoms in total. The summed E-state index contributed by atoms with van der Waals surface area (Å²) in [6.45, 7) is 3.42. The molecule has 160 valence electrons. The van der Waals surface area contributed by atoms with Gasteiger partial charge in [-0.05, 0) is 43.7 Å². The number of carbonyl (C=O) groups excluding carboxylic acids is 3. The van der Waals surface area contributed by atoms with E-state index < -0.39 is 12.0 Å². The van der Waals surface area contributed by atoms with Crippen LogP contribution in [-0.2, 0) is 27.2 Å². The second-order valence-electron chi connectivity index (χ2n) is 7.68. The van der Waals surface area contributed by atoms with E-state index >= 15 is 0 Å². The Morgan fingerprint density at radius 3 is 2.47 bits per heavy atom. The smallest absolute Gasteiger partial charge is 0.341 e. The fourth-order valence-electron chi connectivity index (χ4n) is 3.81. The van der Waals surface area contributed by atoms with E-state index in [1.807, 2.05) is 31.2 Å². The molecular formula is C23H28N2O4S. The van der Waals surface area contributed by atoms with E-state index in [2.05, 4.69) is 10.6 Å². The Morgan fingerprint density at radius 1 is 1.10 bits per heavy atom. The minimum Gasteiger partial charge on any atom is -0.465 e. The Bertz CT molecular complexity index is 933. The van der Waals surface area contributed by atoms with Crippen molar-refractivity contribution in [2.24, 2.45) is 0 Å². The topological polar surface area (TPSA) is 84.5 Å². The fraction of sp³-hybridized carbons (Fsp3) is 0.435. The maximum Gasteiger partial charge on any atom is 0.341 e. The largest absolute Gasteiger partial charge is 0.465 e. The zero-order valence-corrected chi connectivity index (χ0v) is 18.5. The van der Waals surface area contributed by atoms with Crippen LogP contribution < -0.4 is 10.6 Å². The zero-order valence-electron chi connectivity index (χ0n) is 17.7. The molecule has 2 aromatic rings. The van der Waals surface area contributed by atoms with Crippen molar-refractivity contribution < 1.29 is 19.1 Å². The predicted octanol–water partition coefficient (Wildman–Crippen LogP) is 4.32. The third kappa shape index (κ3) is 5.27. The van der Waals surface area contributed by atoms with E-state index in [1.54, 1.807) is 0 Å². The molecule has 1 aromatic carbocycles. The lowest BCUT2D eigenvalue weighted by atomic mass is 10.0. The summed E-state index contributed by atoms with van der Waals surface area (Å²) in [5.74, 6) is -0.871. The van der Waals surface area contributed by atoms with E-state index in [1.165, 1.54) is 25.4 Å². The number of hydrogen-bond acceptors (Lipinski definition) is 5. The molecule has 30 heavy (non-hydrogen) atoms. The minimum absolute atomic E-state index is 0.0752. The molecule has 1 atom stereocenters. The van der Waals surface area contributed by atoms with Crippen molar-refractivity contribution in [3.8, 4) is 0 Å². The number of methoxy groups -OCH3 is 1. The van der Waals surface area contributed by atoms with Gasteiger partial charge in [0.2, 0.25) is 11.8 Å². The third-order valence-electron chi connectivity index (χ3n) is 5.31. The van der Waals surface area contributed by atoms with E-state index in [9.17, 15) is 14.4 Å². The molecule has 1 aromatic heterocycles. The second-order valence-corrected chi connectivity index (χ2v) is 8.78. The maximum atomic E-state index is 12.9. The lowest BCUT2D eigenvalue weighted by Crippen LogP contribution is -2.29. The van der Waals surface area contributed by atoms with Crippen LogP contribution in [0, 0.1) is 6.92 Å². The highest BCUT2D eigenvalue weighted by Crippen LogP contribution is 2.38. The minimum atomic E-state index is -0.442. The Labute approximate surface area is 181 Å². The summed E-state index contributed by atoms with van der Waals surface area (Å²) in [5, 5.41) is 6.31. The first-order valence-electron chi connectivity index (χ1n) is 10.3. The van der Waals surface area contributed by atoms with E-state index in [4.69, 9.17) is 4.74 Å². The van der Waals surface area contributed by atoms with Crippen LogP contribution in [0.5, 0.6) is 0 Å². The molecule has 1 heterocycles. The first-order chi connectivity index (χ1) is 14.4. The van der Waals surface area contributed by atoms with Crippen molar-refractivity contribution in [2.75, 3.05) is 12.4 Å². The Morgan fingerprint density at radius 2 is 1.80 bits per heavy atom. The van der Waals surface area contributed by atoms with Gasteiger partial charge in [-0.25, -0.2) is 4.79 Å². The number of fused-ring (bicyclic) bond motifs is 1. The number of amides is 2. The van der Waals surface area contributed by atoms with Crippen molar-refractivity contribution >= 4 is 34.1 Å². The highest BCUT2D eigenvalue weighted by molar-refractivity contribution is 7.17. The van der Waals surface area contributed by atoms with E-state index in [0.29, 0.717) is 10.6 Å². The second kappa shape index (κ2) is 9.89. The molecule has 0 fully saturated rings. The summed E-state index contributed by atoms with van der Waals surface area (Å²) in [6.07, 6.45) is 5.06. The number of carbonyl (C=O) groups is 3. The summed E-state index contributed by atoms with van der Waals surface area (Å²) in [7, 11) is 1.36. The monoisotopic (exact) mass is 428 g/mol. The molecule has 1 unspecified atom stereocenters. The highest BCUT2D eigenvalue weighted by Gasteiger charge is 2.27. The lowest BCUT2D eigenvalue weighted by Gasteiger charge is -2.18. The van der Waals surface area contributed by atoms with Crippen LogP contribution in [0.1, 0.15) is 70.6 Å². The SMILES string of the molecule is COC(=O)c1c(NC(=O)CC(NC(C)=O)c2ccc(C)cc2)sc2c1CCCCC2. The van der Waals surface area contributed by atoms with Crippen molar-refractivity contribution in [2.45, 2.75) is 58.4 Å². The number of benzene rings is 1. The van der Waals surface area contributed by atoms with Crippen LogP contribution in [-0.4, -0.2) is 24.9 Å². The molecule has 0 saturated heterocycles. The number of esters is 1. The van der Waals surface area contributed by atoms with Crippen molar-refractivity contribution in [1.29, 1.82) is 0 Å². The normalized spacial score (nSPS) is 14.2. The highest BCUT2D eigenvalue weighted by atomic mass is 32.1. The molecule has 1 aliphatic rings. The quantitative estimate of drug-likeness (QED) is 0.530. The third-order valence-corrected chi connectivity index (χ3v) is 6.52. The number of anilines is 1. The summed E-state index contributed by atoms with van der Waals surface area (Å²) < 4.78 is 5.00. The van der Waals surface area contributed by atoms with Crippen LogP contribution in [0.15, 0.2) is 24.3 Å². The van der Waals surface area contributed by atoms with Gasteiger partial charge in [-0.2, -0.15) is 0 Å². The Hall–Kier alpha value is -2.67. The fourth-order valence-corrected chi connectivity index (χ4v) is 5.10. The first kappa shape index (κ1) is 22.0. The molecule has 0 spiro atoms. The number of aryl methyl sites for hydroxylation is 2. The van der Waals surface area contributed by atoms with Crippen LogP contribution in [0.2, 0.25) is 0 Å². The summed E-state index contributed by atoms with van der Waals surface area (Å²) in [4.78, 5) is 38.2. The average Bonchev–Trinajstić information content (AvgIpc) is 2.87. The summed E-state index contributed by atoms with van der Waals surface area (Å²) >= 11 is 1.47. The van der Waals surface area contributed by atoms with E-state index in [-0.39, 0.29) is 18.2 Å². The summed E-state index contributed by atoms with van der Waals surface area (Å²) in [6, 6.07) is 7.29. The van der Waals surface area contributed by atoms with Crippen molar-refractivity contribution in [3.05, 3.63) is 51.4 Å². The molecule has 0 radical (unpaired) electrons. The van der Waals surface area contributed by atoms with Gasteiger partial charge in [-0.15, -0.1) is 11.3 Å². The van der Waals surface area contributed by atoms with Gasteiger partial charge in [0.05, 0.1) is 25.1 Å². The van der Waals surface area contributed by atoms with Gasteiger partial charge in [-0.1, -0.05) is 36.2 Å². The Kier molecular flexibility index (Phi) is 7.26. The van der Waals surface area contributed by atoms with Gasteiger partial charge in [0.25, 0.3) is 0 Å². The van der Waals surface area contributed by atoms with Gasteiger partial charge < -0.3 is 15.4 Å². The van der Waals surface area contributed by atoms with Crippen molar-refractivity contribution in [1.82, 2.24) is 5.32 Å². The lowest BCUT2D eigenvalue weighted by molar-refractivity contribution is -0.120. The number of hydrogen-bond donors (Lipinski definition) is 2. The van der Waals surface area contributed by atoms with Gasteiger partial charge in [-0.3, -0.25) is 9.59 Å². The van der Waals surface area contributed by atoms with Gasteiger partial charge in [0.15, 0.2) is 0 Å². The van der Waals surface area contributed by atoms with E-state index in [0.717, 1.165) is 53.7 Å². The number of thiophene rings is 1. The number of ether oxygens (including phenoxy) is 1. The van der Waals surface area contributed by atoms with Gasteiger partial charge in [0, 0.05) is 11.8 Å². The van der Waals surface area contributed by atoms with Crippen LogP contribution in [0.3, 0.4) is 0 Å². The zero-order chi connectivity index (χ0) is 21.7. The molecule has 0 saturated carbocycles. The summed E-state index contributed by atoms with van der Waals surface area (Å²) in [5.41, 5.74) is 3.46. The standard InChI is InChI=1S/C23H28N2O4S/c1-14-9-11-16(12-10-14)18(24-15(2)26)13-20(27)25-22-21(23(28)29-3)17-7-5-4-6-8-19(17)30-22/h9-12,18H,4-8,13H2,1-3H3,(H,24,26)(H,25,27). The maximum absolute atomic E-state index is 12.9. The molecule has 1 aliphatic carbocycles. The molecule has 2 N–H and O–H groups in total. The van der Waals surface area contributed by atoms with Gasteiger partial charge in [0.1, 0.15) is 5.00 Å². The molecule has 2 amide bonds. The van der Waals surface area contributed by atoms with Gasteiger partial charge >= 0.3 is 5.97 Å². The first-order valence-corrected chi connectivity index (χ1v) is 11.1. The molecule has 3 rings (SSSR count). The number of rotatable bonds is 6. The Balaban J connectivity index is 1.82. The predicted molar refractivity (Wildman–Crippen MR) is 118 cm³/mol. The van der Waals surface area contributed by atoms with Crippen LogP contribution in [0.25, 0.3) is 0 Å². The molecule has 0 aliphatic heterocycles. The molecular weight excluding hydrogens is 400 g/mol. The molecule has 7 heteroatoms. The van der Waals surface area contributed by atoms with Crippen LogP contribution in [0.4, 0.5) is 5.00 Å². The molecule has 0 bridgehead atoms. The van der Waals surface area contributed by atoms with Crippen molar-refractivity contribution in [3.63, 3.8) is 0 Å². The number of nitrogens with one attached hydrogen (secondary N) is 2. The average molecular weight is 429 g/mol.